The second-order valence-electron chi connectivity index (χ2n) is 6.61. The quantitative estimate of drug-likeness (QED) is 0.768. The molecular weight excluding hydrogens is 310 g/mol. The molecule has 0 spiro atoms. The molecular formula is C20H23N5. The van der Waals surface area contributed by atoms with Gasteiger partial charge in [-0.25, -0.2) is 4.98 Å². The third-order valence-electron chi connectivity index (χ3n) is 4.70. The number of hydrogen-bond acceptors (Lipinski definition) is 4. The van der Waals surface area contributed by atoms with E-state index in [1.54, 1.807) is 11.0 Å². The second-order valence-corrected chi connectivity index (χ2v) is 6.61. The molecule has 2 atom stereocenters. The highest BCUT2D eigenvalue weighted by Gasteiger charge is 2.22. The van der Waals surface area contributed by atoms with Gasteiger partial charge in [0.15, 0.2) is 5.82 Å². The molecule has 2 heterocycles. The zero-order chi connectivity index (χ0) is 17.1. The molecule has 2 aromatic carbocycles. The van der Waals surface area contributed by atoms with Crippen LogP contribution in [-0.4, -0.2) is 27.4 Å². The normalized spacial score (nSPS) is 20.4. The Morgan fingerprint density at radius 3 is 2.80 bits per heavy atom. The van der Waals surface area contributed by atoms with Gasteiger partial charge in [0.2, 0.25) is 0 Å². The molecule has 25 heavy (non-hydrogen) atoms. The molecule has 2 N–H and O–H groups in total. The minimum atomic E-state index is 0.410. The molecule has 0 unspecified atom stereocenters. The average Bonchev–Trinajstić information content (AvgIpc) is 3.09. The lowest BCUT2D eigenvalue weighted by molar-refractivity contribution is 0.384. The first-order valence-electron chi connectivity index (χ1n) is 8.79. The minimum absolute atomic E-state index is 0.410. The number of aryl methyl sites for hydroxylation is 1. The van der Waals surface area contributed by atoms with Gasteiger partial charge < -0.3 is 10.6 Å². The number of piperidine rings is 1. The lowest BCUT2D eigenvalue weighted by Gasteiger charge is -2.32. The molecule has 1 saturated heterocycles. The highest BCUT2D eigenvalue weighted by atomic mass is 15.3. The lowest BCUT2D eigenvalue weighted by atomic mass is 9.93. The predicted octanol–water partition coefficient (Wildman–Crippen LogP) is 3.39. The summed E-state index contributed by atoms with van der Waals surface area (Å²) in [5, 5.41) is 11.7. The Morgan fingerprint density at radius 2 is 2.00 bits per heavy atom. The van der Waals surface area contributed by atoms with Crippen molar-refractivity contribution in [3.8, 4) is 11.4 Å². The monoisotopic (exact) mass is 333 g/mol. The van der Waals surface area contributed by atoms with Gasteiger partial charge in [-0.05, 0) is 37.1 Å². The van der Waals surface area contributed by atoms with Crippen molar-refractivity contribution in [3.63, 3.8) is 0 Å². The third kappa shape index (κ3) is 3.72. The van der Waals surface area contributed by atoms with Crippen LogP contribution in [0.15, 0.2) is 60.9 Å². The van der Waals surface area contributed by atoms with E-state index in [2.05, 4.69) is 75.3 Å². The number of rotatable bonds is 4. The number of nitrogens with one attached hydrogen (secondary N) is 2. The Labute approximate surface area is 148 Å². The standard InChI is InChI=1S/C20H23N5/c1-25-14-22-20(24-25)16-8-5-9-17(12-16)23-18-10-11-21-19(13-18)15-6-3-2-4-7-15/h2-9,12,14,18-19,21,23H,10-11,13H2,1H3/t18-,19-/m0/s1. The largest absolute Gasteiger partial charge is 0.382 e. The van der Waals surface area contributed by atoms with E-state index < -0.39 is 0 Å². The summed E-state index contributed by atoms with van der Waals surface area (Å²) < 4.78 is 1.73. The van der Waals surface area contributed by atoms with E-state index in [1.165, 1.54) is 5.56 Å². The molecule has 0 radical (unpaired) electrons. The fourth-order valence-corrected chi connectivity index (χ4v) is 3.44. The van der Waals surface area contributed by atoms with Crippen molar-refractivity contribution in [3.05, 3.63) is 66.5 Å². The number of nitrogens with zero attached hydrogens (tertiary/aromatic N) is 3. The van der Waals surface area contributed by atoms with E-state index in [9.17, 15) is 0 Å². The minimum Gasteiger partial charge on any atom is -0.382 e. The maximum Gasteiger partial charge on any atom is 0.181 e. The van der Waals surface area contributed by atoms with Crippen LogP contribution in [0.2, 0.25) is 0 Å². The summed E-state index contributed by atoms with van der Waals surface area (Å²) in [6.07, 6.45) is 3.93. The van der Waals surface area contributed by atoms with Gasteiger partial charge in [-0.3, -0.25) is 4.68 Å². The zero-order valence-corrected chi connectivity index (χ0v) is 14.4. The van der Waals surface area contributed by atoms with Crippen LogP contribution >= 0.6 is 0 Å². The Morgan fingerprint density at radius 1 is 1.12 bits per heavy atom. The van der Waals surface area contributed by atoms with Crippen molar-refractivity contribution in [1.82, 2.24) is 20.1 Å². The van der Waals surface area contributed by atoms with E-state index in [0.717, 1.165) is 36.5 Å². The van der Waals surface area contributed by atoms with Crippen molar-refractivity contribution < 1.29 is 0 Å². The van der Waals surface area contributed by atoms with Gasteiger partial charge in [0, 0.05) is 30.4 Å². The molecule has 128 valence electrons. The maximum absolute atomic E-state index is 4.39. The number of anilines is 1. The van der Waals surface area contributed by atoms with Crippen LogP contribution in [0.1, 0.15) is 24.4 Å². The molecule has 4 rings (SSSR count). The summed E-state index contributed by atoms with van der Waals surface area (Å²) in [6, 6.07) is 19.9. The fraction of sp³-hybridized carbons (Fsp3) is 0.300. The summed E-state index contributed by atoms with van der Waals surface area (Å²) in [5.41, 5.74) is 3.53. The molecule has 1 aromatic heterocycles. The van der Waals surface area contributed by atoms with Gasteiger partial charge in [0.05, 0.1) is 0 Å². The first kappa shape index (κ1) is 15.8. The fourth-order valence-electron chi connectivity index (χ4n) is 3.44. The van der Waals surface area contributed by atoms with E-state index in [-0.39, 0.29) is 0 Å². The molecule has 0 aliphatic carbocycles. The number of hydrogen-bond donors (Lipinski definition) is 2. The third-order valence-corrected chi connectivity index (χ3v) is 4.70. The van der Waals surface area contributed by atoms with Crippen LogP contribution in [0.5, 0.6) is 0 Å². The molecule has 5 nitrogen and oxygen atoms in total. The molecule has 1 aliphatic rings. The second kappa shape index (κ2) is 7.07. The Balaban J connectivity index is 1.47. The van der Waals surface area contributed by atoms with E-state index in [4.69, 9.17) is 0 Å². The van der Waals surface area contributed by atoms with Crippen molar-refractivity contribution in [2.45, 2.75) is 24.9 Å². The van der Waals surface area contributed by atoms with Crippen molar-refractivity contribution in [1.29, 1.82) is 0 Å². The molecule has 3 aromatic rings. The number of aromatic nitrogens is 3. The van der Waals surface area contributed by atoms with E-state index in [0.29, 0.717) is 12.1 Å². The molecule has 1 fully saturated rings. The first-order chi connectivity index (χ1) is 12.3. The van der Waals surface area contributed by atoms with Crippen molar-refractivity contribution in [2.75, 3.05) is 11.9 Å². The zero-order valence-electron chi connectivity index (χ0n) is 14.4. The van der Waals surface area contributed by atoms with Crippen LogP contribution < -0.4 is 10.6 Å². The molecule has 1 aliphatic heterocycles. The van der Waals surface area contributed by atoms with Crippen LogP contribution in [0, 0.1) is 0 Å². The lowest BCUT2D eigenvalue weighted by Crippen LogP contribution is -2.38. The highest BCUT2D eigenvalue weighted by molar-refractivity contribution is 5.62. The number of benzene rings is 2. The molecule has 5 heteroatoms. The Kier molecular flexibility index (Phi) is 4.48. The molecule has 0 saturated carbocycles. The predicted molar refractivity (Wildman–Crippen MR) is 100 cm³/mol. The summed E-state index contributed by atoms with van der Waals surface area (Å²) in [4.78, 5) is 4.34. The Bertz CT molecular complexity index is 827. The molecule has 0 bridgehead atoms. The van der Waals surface area contributed by atoms with Crippen molar-refractivity contribution in [2.24, 2.45) is 7.05 Å². The van der Waals surface area contributed by atoms with Gasteiger partial charge in [-0.2, -0.15) is 5.10 Å². The van der Waals surface area contributed by atoms with Gasteiger partial charge in [0.25, 0.3) is 0 Å². The van der Waals surface area contributed by atoms with Crippen LogP contribution in [-0.2, 0) is 7.05 Å². The highest BCUT2D eigenvalue weighted by Crippen LogP contribution is 2.26. The smallest absolute Gasteiger partial charge is 0.181 e. The average molecular weight is 333 g/mol. The topological polar surface area (TPSA) is 54.8 Å². The van der Waals surface area contributed by atoms with E-state index in [1.807, 2.05) is 7.05 Å². The molecule has 0 amide bonds. The maximum atomic E-state index is 4.39. The van der Waals surface area contributed by atoms with Crippen LogP contribution in [0.25, 0.3) is 11.4 Å². The van der Waals surface area contributed by atoms with E-state index >= 15 is 0 Å². The van der Waals surface area contributed by atoms with Crippen LogP contribution in [0.4, 0.5) is 5.69 Å². The first-order valence-corrected chi connectivity index (χ1v) is 8.79. The SMILES string of the molecule is Cn1cnc(-c2cccc(N[C@H]3CCN[C@H](c4ccccc4)C3)c2)n1. The van der Waals surface area contributed by atoms with Crippen molar-refractivity contribution >= 4 is 5.69 Å². The van der Waals surface area contributed by atoms with Gasteiger partial charge in [-0.15, -0.1) is 0 Å². The van der Waals surface area contributed by atoms with Gasteiger partial charge in [0.1, 0.15) is 6.33 Å². The summed E-state index contributed by atoms with van der Waals surface area (Å²) >= 11 is 0. The van der Waals surface area contributed by atoms with Crippen LogP contribution in [0.3, 0.4) is 0 Å². The summed E-state index contributed by atoms with van der Waals surface area (Å²) in [5.74, 6) is 0.763. The summed E-state index contributed by atoms with van der Waals surface area (Å²) in [7, 11) is 1.89. The van der Waals surface area contributed by atoms with Gasteiger partial charge in [-0.1, -0.05) is 42.5 Å². The van der Waals surface area contributed by atoms with Gasteiger partial charge >= 0.3 is 0 Å². The summed E-state index contributed by atoms with van der Waals surface area (Å²) in [6.45, 7) is 1.03. The Hall–Kier alpha value is -2.66.